The molecule has 1 radical (unpaired) electrons. The highest BCUT2D eigenvalue weighted by molar-refractivity contribution is 5.92. The summed E-state index contributed by atoms with van der Waals surface area (Å²) in [6.07, 6.45) is 2.09. The van der Waals surface area contributed by atoms with Gasteiger partial charge in [-0.15, -0.1) is 0 Å². The quantitative estimate of drug-likeness (QED) is 0.413. The fraction of sp³-hybridized carbons (Fsp3) is 0.500. The first kappa shape index (κ1) is 16.7. The van der Waals surface area contributed by atoms with Crippen LogP contribution < -0.4 is 0 Å². The highest BCUT2D eigenvalue weighted by Crippen LogP contribution is 2.17. The minimum atomic E-state index is -0.482. The van der Waals surface area contributed by atoms with Crippen molar-refractivity contribution in [3.8, 4) is 0 Å². The Morgan fingerprint density at radius 1 is 1.20 bits per heavy atom. The maximum Gasteiger partial charge on any atom is 0.373 e. The van der Waals surface area contributed by atoms with Crippen LogP contribution in [0.3, 0.4) is 0 Å². The van der Waals surface area contributed by atoms with Crippen LogP contribution in [-0.4, -0.2) is 19.2 Å². The van der Waals surface area contributed by atoms with Gasteiger partial charge in [-0.1, -0.05) is 31.0 Å². The van der Waals surface area contributed by atoms with Crippen LogP contribution in [-0.2, 0) is 14.5 Å². The van der Waals surface area contributed by atoms with Gasteiger partial charge in [0.25, 0.3) is 0 Å². The Balaban J connectivity index is 2.37. The average molecular weight is 279 g/mol. The second kappa shape index (κ2) is 8.72. The minimum absolute atomic E-state index is 0.305. The Bertz CT molecular complexity index is 417. The van der Waals surface area contributed by atoms with E-state index in [1.807, 2.05) is 32.9 Å². The fourth-order valence-electron chi connectivity index (χ4n) is 2.03. The van der Waals surface area contributed by atoms with Crippen LogP contribution in [0.25, 0.3) is 0 Å². The lowest BCUT2D eigenvalue weighted by molar-refractivity contribution is -0.218. The third-order valence-corrected chi connectivity index (χ3v) is 2.90. The number of hydrogen-bond donors (Lipinski definition) is 0. The van der Waals surface area contributed by atoms with E-state index in [1.165, 1.54) is 6.61 Å². The standard InChI is InChI=1S/C16H23O4/c1-5-6-7-18-8-9-19-20-16(17)15-13(3)10-12(2)11-14(15)4/h9-11H,5-8H2,1-4H3. The zero-order valence-electron chi connectivity index (χ0n) is 12.7. The molecule has 0 N–H and O–H groups in total. The summed E-state index contributed by atoms with van der Waals surface area (Å²) < 4.78 is 5.25. The summed E-state index contributed by atoms with van der Waals surface area (Å²) in [7, 11) is 0. The van der Waals surface area contributed by atoms with Gasteiger partial charge in [0.2, 0.25) is 0 Å². The molecule has 0 saturated carbocycles. The van der Waals surface area contributed by atoms with E-state index in [2.05, 4.69) is 6.92 Å². The zero-order valence-corrected chi connectivity index (χ0v) is 12.7. The zero-order chi connectivity index (χ0) is 15.0. The topological polar surface area (TPSA) is 44.8 Å². The molecule has 1 aromatic rings. The third kappa shape index (κ3) is 5.31. The van der Waals surface area contributed by atoms with E-state index in [1.54, 1.807) is 0 Å². The van der Waals surface area contributed by atoms with Gasteiger partial charge >= 0.3 is 5.97 Å². The van der Waals surface area contributed by atoms with Crippen molar-refractivity contribution in [1.29, 1.82) is 0 Å². The highest BCUT2D eigenvalue weighted by atomic mass is 17.2. The van der Waals surface area contributed by atoms with Gasteiger partial charge in [-0.3, -0.25) is 4.89 Å². The predicted molar refractivity (Wildman–Crippen MR) is 77.2 cm³/mol. The van der Waals surface area contributed by atoms with Crippen LogP contribution in [0.2, 0.25) is 0 Å². The van der Waals surface area contributed by atoms with Crippen molar-refractivity contribution in [3.05, 3.63) is 41.0 Å². The maximum atomic E-state index is 11.9. The van der Waals surface area contributed by atoms with E-state index < -0.39 is 5.97 Å². The van der Waals surface area contributed by atoms with Crippen molar-refractivity contribution in [1.82, 2.24) is 0 Å². The molecular weight excluding hydrogens is 256 g/mol. The molecule has 0 spiro atoms. The largest absolute Gasteiger partial charge is 0.378 e. The molecule has 0 heterocycles. The average Bonchev–Trinajstić information content (AvgIpc) is 2.36. The second-order valence-electron chi connectivity index (χ2n) is 4.84. The number of carbonyl (C=O) groups excluding carboxylic acids is 1. The Labute approximate surface area is 121 Å². The summed E-state index contributed by atoms with van der Waals surface area (Å²) in [5, 5.41) is 0. The molecule has 0 amide bonds. The first-order valence-corrected chi connectivity index (χ1v) is 6.91. The van der Waals surface area contributed by atoms with Crippen LogP contribution in [0, 0.1) is 27.4 Å². The van der Waals surface area contributed by atoms with Gasteiger partial charge in [-0.25, -0.2) is 4.79 Å². The van der Waals surface area contributed by atoms with Crippen molar-refractivity contribution >= 4 is 5.97 Å². The normalized spacial score (nSPS) is 10.6. The molecule has 0 bridgehead atoms. The maximum absolute atomic E-state index is 11.9. The van der Waals surface area contributed by atoms with Crippen LogP contribution >= 0.6 is 0 Å². The number of aryl methyl sites for hydroxylation is 3. The summed E-state index contributed by atoms with van der Waals surface area (Å²) in [5.41, 5.74) is 3.44. The van der Waals surface area contributed by atoms with Crippen molar-refractivity contribution in [2.75, 3.05) is 13.2 Å². The van der Waals surface area contributed by atoms with Gasteiger partial charge in [0, 0.05) is 6.61 Å². The SMILES string of the molecule is CCCCOC[CH]OOC(=O)c1c(C)cc(C)cc1C. The van der Waals surface area contributed by atoms with Gasteiger partial charge < -0.3 is 4.74 Å². The highest BCUT2D eigenvalue weighted by Gasteiger charge is 2.15. The molecule has 111 valence electrons. The lowest BCUT2D eigenvalue weighted by Crippen LogP contribution is -2.10. The van der Waals surface area contributed by atoms with E-state index in [0.717, 1.165) is 29.5 Å². The first-order valence-electron chi connectivity index (χ1n) is 6.91. The van der Waals surface area contributed by atoms with E-state index in [4.69, 9.17) is 14.5 Å². The molecule has 0 fully saturated rings. The lowest BCUT2D eigenvalue weighted by atomic mass is 10.0. The number of carbonyl (C=O) groups is 1. The Kier molecular flexibility index (Phi) is 7.26. The Hall–Kier alpha value is -1.39. The Morgan fingerprint density at radius 3 is 2.45 bits per heavy atom. The number of hydrogen-bond acceptors (Lipinski definition) is 4. The molecule has 0 aliphatic carbocycles. The van der Waals surface area contributed by atoms with Gasteiger partial charge in [0.15, 0.2) is 6.61 Å². The van der Waals surface area contributed by atoms with Crippen LogP contribution in [0.4, 0.5) is 0 Å². The Morgan fingerprint density at radius 2 is 1.85 bits per heavy atom. The lowest BCUT2D eigenvalue weighted by Gasteiger charge is -2.09. The van der Waals surface area contributed by atoms with E-state index in [-0.39, 0.29) is 0 Å². The van der Waals surface area contributed by atoms with Crippen molar-refractivity contribution in [3.63, 3.8) is 0 Å². The van der Waals surface area contributed by atoms with Crippen LogP contribution in [0.15, 0.2) is 12.1 Å². The number of unbranched alkanes of at least 4 members (excludes halogenated alkanes) is 1. The summed E-state index contributed by atoms with van der Waals surface area (Å²) >= 11 is 0. The van der Waals surface area contributed by atoms with Crippen molar-refractivity contribution in [2.45, 2.75) is 40.5 Å². The first-order chi connectivity index (χ1) is 9.56. The molecule has 4 nitrogen and oxygen atoms in total. The summed E-state index contributed by atoms with van der Waals surface area (Å²) in [5.74, 6) is -0.482. The molecule has 0 saturated heterocycles. The fourth-order valence-corrected chi connectivity index (χ4v) is 2.03. The molecule has 0 atom stereocenters. The van der Waals surface area contributed by atoms with Crippen LogP contribution in [0.1, 0.15) is 46.8 Å². The van der Waals surface area contributed by atoms with Crippen molar-refractivity contribution < 1.29 is 19.3 Å². The van der Waals surface area contributed by atoms with Gasteiger partial charge in [0.1, 0.15) is 0 Å². The molecular formula is C16H23O4. The van der Waals surface area contributed by atoms with Gasteiger partial charge in [-0.05, 0) is 38.3 Å². The summed E-state index contributed by atoms with van der Waals surface area (Å²) in [4.78, 5) is 21.5. The molecule has 0 aliphatic heterocycles. The monoisotopic (exact) mass is 279 g/mol. The molecule has 0 aromatic heterocycles. The van der Waals surface area contributed by atoms with Crippen molar-refractivity contribution in [2.24, 2.45) is 0 Å². The smallest absolute Gasteiger partial charge is 0.373 e. The third-order valence-electron chi connectivity index (χ3n) is 2.90. The minimum Gasteiger partial charge on any atom is -0.378 e. The molecule has 0 unspecified atom stereocenters. The molecule has 1 aromatic carbocycles. The van der Waals surface area contributed by atoms with E-state index in [9.17, 15) is 4.79 Å². The van der Waals surface area contributed by atoms with E-state index in [0.29, 0.717) is 18.8 Å². The summed E-state index contributed by atoms with van der Waals surface area (Å²) in [6.45, 7) is 10.2. The molecule has 1 rings (SSSR count). The molecule has 20 heavy (non-hydrogen) atoms. The second-order valence-corrected chi connectivity index (χ2v) is 4.84. The number of ether oxygens (including phenoxy) is 1. The number of rotatable bonds is 8. The molecule has 0 aliphatic rings. The number of benzene rings is 1. The predicted octanol–water partition coefficient (Wildman–Crippen LogP) is 3.68. The molecule has 4 heteroatoms. The van der Waals surface area contributed by atoms with Crippen LogP contribution in [0.5, 0.6) is 0 Å². The summed E-state index contributed by atoms with van der Waals surface area (Å²) in [6, 6.07) is 3.89. The van der Waals surface area contributed by atoms with Gasteiger partial charge in [-0.2, -0.15) is 4.89 Å². The van der Waals surface area contributed by atoms with E-state index >= 15 is 0 Å². The van der Waals surface area contributed by atoms with Gasteiger partial charge in [0.05, 0.1) is 12.2 Å².